The van der Waals surface area contributed by atoms with Crippen LogP contribution in [0.15, 0.2) is 71.3 Å². The third kappa shape index (κ3) is 5.70. The van der Waals surface area contributed by atoms with E-state index < -0.39 is 18.5 Å². The fraction of sp³-hybridized carbons (Fsp3) is 0.0952. The SMILES string of the molecule is O=C(COC(=O)c1cccc(Cl)c1)Nc1ccccc1C(=O)NCc1ccco1. The fourth-order valence-corrected chi connectivity index (χ4v) is 2.67. The van der Waals surface area contributed by atoms with Gasteiger partial charge in [0.2, 0.25) is 0 Å². The first kappa shape index (κ1) is 20.2. The van der Waals surface area contributed by atoms with Gasteiger partial charge < -0.3 is 19.8 Å². The van der Waals surface area contributed by atoms with E-state index in [1.807, 2.05) is 0 Å². The molecule has 3 aromatic rings. The maximum atomic E-state index is 12.4. The Kier molecular flexibility index (Phi) is 6.65. The van der Waals surface area contributed by atoms with Gasteiger partial charge in [-0.2, -0.15) is 0 Å². The van der Waals surface area contributed by atoms with Crippen LogP contribution in [0.25, 0.3) is 0 Å². The van der Waals surface area contributed by atoms with E-state index in [1.165, 1.54) is 18.4 Å². The third-order valence-corrected chi connectivity index (χ3v) is 4.08. The molecule has 0 saturated heterocycles. The number of esters is 1. The van der Waals surface area contributed by atoms with Gasteiger partial charge in [0, 0.05) is 5.02 Å². The van der Waals surface area contributed by atoms with E-state index in [-0.39, 0.29) is 23.6 Å². The Labute approximate surface area is 171 Å². The van der Waals surface area contributed by atoms with Gasteiger partial charge in [-0.1, -0.05) is 29.8 Å². The highest BCUT2D eigenvalue weighted by Gasteiger charge is 2.15. The summed E-state index contributed by atoms with van der Waals surface area (Å²) in [6.07, 6.45) is 1.51. The Morgan fingerprint density at radius 1 is 1.00 bits per heavy atom. The summed E-state index contributed by atoms with van der Waals surface area (Å²) in [7, 11) is 0. The predicted octanol–water partition coefficient (Wildman–Crippen LogP) is 3.66. The molecule has 2 amide bonds. The fourth-order valence-electron chi connectivity index (χ4n) is 2.48. The zero-order valence-corrected chi connectivity index (χ0v) is 15.9. The van der Waals surface area contributed by atoms with E-state index in [4.69, 9.17) is 20.8 Å². The van der Waals surface area contributed by atoms with Gasteiger partial charge in [-0.05, 0) is 42.5 Å². The minimum absolute atomic E-state index is 0.214. The summed E-state index contributed by atoms with van der Waals surface area (Å²) in [5.74, 6) is -1.03. The number of hydrogen-bond acceptors (Lipinski definition) is 5. The molecule has 0 aliphatic heterocycles. The summed E-state index contributed by atoms with van der Waals surface area (Å²) < 4.78 is 10.2. The zero-order chi connectivity index (χ0) is 20.6. The van der Waals surface area contributed by atoms with Crippen molar-refractivity contribution in [2.75, 3.05) is 11.9 Å². The van der Waals surface area contributed by atoms with Crippen LogP contribution in [0.4, 0.5) is 5.69 Å². The molecule has 8 heteroatoms. The molecule has 0 saturated carbocycles. The first-order chi connectivity index (χ1) is 14.0. The normalized spacial score (nSPS) is 10.2. The second-order valence-corrected chi connectivity index (χ2v) is 6.38. The number of amides is 2. The molecule has 0 bridgehead atoms. The molecule has 0 aliphatic rings. The minimum atomic E-state index is -0.674. The average Bonchev–Trinajstić information content (AvgIpc) is 3.24. The summed E-state index contributed by atoms with van der Waals surface area (Å²) in [4.78, 5) is 36.6. The van der Waals surface area contributed by atoms with E-state index in [9.17, 15) is 14.4 Å². The maximum Gasteiger partial charge on any atom is 0.338 e. The van der Waals surface area contributed by atoms with Gasteiger partial charge in [0.05, 0.1) is 29.6 Å². The molecule has 3 rings (SSSR count). The summed E-state index contributed by atoms with van der Waals surface area (Å²) >= 11 is 5.83. The lowest BCUT2D eigenvalue weighted by Gasteiger charge is -2.11. The molecule has 0 fully saturated rings. The third-order valence-electron chi connectivity index (χ3n) is 3.84. The standard InChI is InChI=1S/C21H17ClN2O5/c22-15-6-3-5-14(11-15)21(27)29-13-19(25)24-18-9-2-1-8-17(18)20(26)23-12-16-7-4-10-28-16/h1-11H,12-13H2,(H,23,26)(H,24,25). The average molecular weight is 413 g/mol. The number of furan rings is 1. The predicted molar refractivity (Wildman–Crippen MR) is 107 cm³/mol. The number of carbonyl (C=O) groups is 3. The van der Waals surface area contributed by atoms with E-state index in [1.54, 1.807) is 48.5 Å². The molecule has 7 nitrogen and oxygen atoms in total. The van der Waals surface area contributed by atoms with Crippen LogP contribution in [-0.4, -0.2) is 24.4 Å². The molecule has 1 heterocycles. The van der Waals surface area contributed by atoms with Crippen LogP contribution in [0.2, 0.25) is 5.02 Å². The van der Waals surface area contributed by atoms with Gasteiger partial charge in [0.25, 0.3) is 11.8 Å². The topological polar surface area (TPSA) is 97.6 Å². The molecule has 0 radical (unpaired) electrons. The van der Waals surface area contributed by atoms with Crippen LogP contribution in [0.1, 0.15) is 26.5 Å². The van der Waals surface area contributed by atoms with E-state index in [2.05, 4.69) is 10.6 Å². The number of anilines is 1. The van der Waals surface area contributed by atoms with Crippen molar-refractivity contribution in [3.8, 4) is 0 Å². The Morgan fingerprint density at radius 3 is 2.59 bits per heavy atom. The molecular formula is C21H17ClN2O5. The summed E-state index contributed by atoms with van der Waals surface area (Å²) in [5, 5.41) is 5.67. The number of hydrogen-bond donors (Lipinski definition) is 2. The lowest BCUT2D eigenvalue weighted by molar-refractivity contribution is -0.119. The van der Waals surface area contributed by atoms with Gasteiger partial charge >= 0.3 is 5.97 Å². The molecule has 1 aromatic heterocycles. The first-order valence-electron chi connectivity index (χ1n) is 8.65. The van der Waals surface area contributed by atoms with Crippen molar-refractivity contribution < 1.29 is 23.5 Å². The molecule has 0 aliphatic carbocycles. The van der Waals surface area contributed by atoms with Crippen LogP contribution < -0.4 is 10.6 Å². The smallest absolute Gasteiger partial charge is 0.338 e. The highest BCUT2D eigenvalue weighted by molar-refractivity contribution is 6.30. The van der Waals surface area contributed by atoms with Crippen molar-refractivity contribution in [1.29, 1.82) is 0 Å². The van der Waals surface area contributed by atoms with Crippen LogP contribution in [0, 0.1) is 0 Å². The molecule has 2 N–H and O–H groups in total. The summed E-state index contributed by atoms with van der Waals surface area (Å²) in [6.45, 7) is -0.293. The van der Waals surface area contributed by atoms with Gasteiger partial charge in [-0.25, -0.2) is 4.79 Å². The highest BCUT2D eigenvalue weighted by atomic mass is 35.5. The molecule has 148 valence electrons. The first-order valence-corrected chi connectivity index (χ1v) is 9.03. The maximum absolute atomic E-state index is 12.4. The second kappa shape index (κ2) is 9.57. The Hall–Kier alpha value is -3.58. The van der Waals surface area contributed by atoms with Crippen molar-refractivity contribution in [1.82, 2.24) is 5.32 Å². The van der Waals surface area contributed by atoms with Crippen LogP contribution in [-0.2, 0) is 16.1 Å². The van der Waals surface area contributed by atoms with Crippen molar-refractivity contribution in [2.45, 2.75) is 6.54 Å². The number of nitrogens with one attached hydrogen (secondary N) is 2. The quantitative estimate of drug-likeness (QED) is 0.577. The molecule has 0 unspecified atom stereocenters. The van der Waals surface area contributed by atoms with E-state index >= 15 is 0 Å². The zero-order valence-electron chi connectivity index (χ0n) is 15.2. The molecular weight excluding hydrogens is 396 g/mol. The van der Waals surface area contributed by atoms with Crippen LogP contribution in [0.5, 0.6) is 0 Å². The van der Waals surface area contributed by atoms with Crippen molar-refractivity contribution >= 4 is 35.1 Å². The van der Waals surface area contributed by atoms with Gasteiger partial charge in [-0.3, -0.25) is 9.59 Å². The summed E-state index contributed by atoms with van der Waals surface area (Å²) in [5.41, 5.74) is 0.810. The number of para-hydroxylation sites is 1. The number of ether oxygens (including phenoxy) is 1. The Bertz CT molecular complexity index is 1020. The van der Waals surface area contributed by atoms with Crippen molar-refractivity contribution in [3.05, 3.63) is 88.8 Å². The highest BCUT2D eigenvalue weighted by Crippen LogP contribution is 2.16. The molecule has 0 atom stereocenters. The Morgan fingerprint density at radius 2 is 1.83 bits per heavy atom. The molecule has 29 heavy (non-hydrogen) atoms. The lowest BCUT2D eigenvalue weighted by atomic mass is 10.1. The number of benzene rings is 2. The summed E-state index contributed by atoms with van der Waals surface area (Å²) in [6, 6.07) is 16.2. The molecule has 0 spiro atoms. The largest absolute Gasteiger partial charge is 0.467 e. The monoisotopic (exact) mass is 412 g/mol. The van der Waals surface area contributed by atoms with E-state index in [0.29, 0.717) is 16.5 Å². The van der Waals surface area contributed by atoms with Crippen LogP contribution >= 0.6 is 11.6 Å². The second-order valence-electron chi connectivity index (χ2n) is 5.94. The van der Waals surface area contributed by atoms with Crippen LogP contribution in [0.3, 0.4) is 0 Å². The number of carbonyl (C=O) groups excluding carboxylic acids is 3. The lowest BCUT2D eigenvalue weighted by Crippen LogP contribution is -2.26. The van der Waals surface area contributed by atoms with Gasteiger partial charge in [0.1, 0.15) is 5.76 Å². The van der Waals surface area contributed by atoms with Crippen molar-refractivity contribution in [2.24, 2.45) is 0 Å². The Balaban J connectivity index is 1.57. The number of halogens is 1. The minimum Gasteiger partial charge on any atom is -0.467 e. The van der Waals surface area contributed by atoms with Gasteiger partial charge in [-0.15, -0.1) is 0 Å². The van der Waals surface area contributed by atoms with E-state index in [0.717, 1.165) is 0 Å². The van der Waals surface area contributed by atoms with Crippen molar-refractivity contribution in [3.63, 3.8) is 0 Å². The van der Waals surface area contributed by atoms with Gasteiger partial charge in [0.15, 0.2) is 6.61 Å². The number of rotatable bonds is 7. The molecule has 2 aromatic carbocycles.